The van der Waals surface area contributed by atoms with E-state index in [0.29, 0.717) is 5.15 Å². The number of hydrogen-bond acceptors (Lipinski definition) is 5. The topological polar surface area (TPSA) is 45.2 Å². The van der Waals surface area contributed by atoms with Gasteiger partial charge in [0.05, 0.1) is 11.9 Å². The summed E-state index contributed by atoms with van der Waals surface area (Å²) in [5.41, 5.74) is 1.11. The lowest BCUT2D eigenvalue weighted by atomic mass is 10.3. The number of rotatable bonds is 2. The maximum absolute atomic E-state index is 5.80. The zero-order chi connectivity index (χ0) is 13.1. The fraction of sp³-hybridized carbons (Fsp3) is 0.308. The standard InChI is InChI=1S/C13H14ClN5/c14-12-3-2-11(10-17-12)18-6-8-19(9-7-18)13-15-4-1-5-16-13/h1-5,10H,6-9H2. The van der Waals surface area contributed by atoms with Crippen molar-refractivity contribution in [3.63, 3.8) is 0 Å². The van der Waals surface area contributed by atoms with E-state index in [4.69, 9.17) is 11.6 Å². The third-order valence-corrected chi connectivity index (χ3v) is 3.42. The molecule has 0 amide bonds. The molecule has 19 heavy (non-hydrogen) atoms. The zero-order valence-corrected chi connectivity index (χ0v) is 11.2. The molecule has 3 rings (SSSR count). The van der Waals surface area contributed by atoms with E-state index in [-0.39, 0.29) is 0 Å². The van der Waals surface area contributed by atoms with E-state index in [0.717, 1.165) is 37.8 Å². The molecule has 5 nitrogen and oxygen atoms in total. The number of hydrogen-bond donors (Lipinski definition) is 0. The smallest absolute Gasteiger partial charge is 0.225 e. The van der Waals surface area contributed by atoms with Gasteiger partial charge in [0.1, 0.15) is 5.15 Å². The summed E-state index contributed by atoms with van der Waals surface area (Å²) in [5, 5.41) is 0.528. The van der Waals surface area contributed by atoms with E-state index in [1.54, 1.807) is 12.4 Å². The molecule has 0 radical (unpaired) electrons. The molecule has 0 N–H and O–H groups in total. The Kier molecular flexibility index (Phi) is 3.46. The van der Waals surface area contributed by atoms with E-state index in [9.17, 15) is 0 Å². The lowest BCUT2D eigenvalue weighted by Gasteiger charge is -2.35. The van der Waals surface area contributed by atoms with Crippen LogP contribution in [0.5, 0.6) is 0 Å². The van der Waals surface area contributed by atoms with E-state index >= 15 is 0 Å². The van der Waals surface area contributed by atoms with Crippen LogP contribution in [-0.2, 0) is 0 Å². The fourth-order valence-corrected chi connectivity index (χ4v) is 2.29. The van der Waals surface area contributed by atoms with Crippen LogP contribution in [0.25, 0.3) is 0 Å². The Labute approximate surface area is 116 Å². The summed E-state index contributed by atoms with van der Waals surface area (Å²) in [6.07, 6.45) is 5.37. The van der Waals surface area contributed by atoms with Crippen molar-refractivity contribution in [1.29, 1.82) is 0 Å². The van der Waals surface area contributed by atoms with Gasteiger partial charge in [0, 0.05) is 38.6 Å². The Balaban J connectivity index is 1.65. The number of piperazine rings is 1. The monoisotopic (exact) mass is 275 g/mol. The largest absolute Gasteiger partial charge is 0.367 e. The van der Waals surface area contributed by atoms with E-state index in [1.165, 1.54) is 0 Å². The SMILES string of the molecule is Clc1ccc(N2CCN(c3ncccn3)CC2)cn1. The van der Waals surface area contributed by atoms with E-state index < -0.39 is 0 Å². The second-order valence-electron chi connectivity index (χ2n) is 4.36. The second kappa shape index (κ2) is 5.40. The molecule has 1 saturated heterocycles. The number of nitrogens with zero attached hydrogens (tertiary/aromatic N) is 5. The molecular formula is C13H14ClN5. The van der Waals surface area contributed by atoms with E-state index in [2.05, 4.69) is 24.8 Å². The van der Waals surface area contributed by atoms with Crippen molar-refractivity contribution < 1.29 is 0 Å². The third-order valence-electron chi connectivity index (χ3n) is 3.19. The zero-order valence-electron chi connectivity index (χ0n) is 10.4. The lowest BCUT2D eigenvalue weighted by Crippen LogP contribution is -2.47. The molecule has 98 valence electrons. The first-order chi connectivity index (χ1) is 9.33. The van der Waals surface area contributed by atoms with Gasteiger partial charge >= 0.3 is 0 Å². The minimum atomic E-state index is 0.528. The van der Waals surface area contributed by atoms with Gasteiger partial charge in [-0.2, -0.15) is 0 Å². The van der Waals surface area contributed by atoms with E-state index in [1.807, 2.05) is 24.4 Å². The molecule has 2 aromatic rings. The molecule has 1 fully saturated rings. The highest BCUT2D eigenvalue weighted by atomic mass is 35.5. The van der Waals surface area contributed by atoms with Gasteiger partial charge < -0.3 is 9.80 Å². The van der Waals surface area contributed by atoms with Crippen LogP contribution in [0.1, 0.15) is 0 Å². The van der Waals surface area contributed by atoms with Crippen LogP contribution in [-0.4, -0.2) is 41.1 Å². The molecule has 6 heteroatoms. The highest BCUT2D eigenvalue weighted by molar-refractivity contribution is 6.29. The van der Waals surface area contributed by atoms with Crippen LogP contribution >= 0.6 is 11.6 Å². The second-order valence-corrected chi connectivity index (χ2v) is 4.75. The van der Waals surface area contributed by atoms with Gasteiger partial charge in [0.15, 0.2) is 0 Å². The quantitative estimate of drug-likeness (QED) is 0.783. The van der Waals surface area contributed by atoms with Crippen LogP contribution in [0, 0.1) is 0 Å². The average Bonchev–Trinajstić information content (AvgIpc) is 2.49. The molecule has 0 unspecified atom stereocenters. The minimum Gasteiger partial charge on any atom is -0.367 e. The third kappa shape index (κ3) is 2.76. The molecule has 1 aliphatic rings. The number of halogens is 1. The number of anilines is 2. The number of aromatic nitrogens is 3. The normalized spacial score (nSPS) is 15.6. The molecule has 3 heterocycles. The molecular weight excluding hydrogens is 262 g/mol. The summed E-state index contributed by atoms with van der Waals surface area (Å²) in [4.78, 5) is 17.2. The average molecular weight is 276 g/mol. The summed E-state index contributed by atoms with van der Waals surface area (Å²) in [6, 6.07) is 5.66. The first kappa shape index (κ1) is 12.2. The van der Waals surface area contributed by atoms with Crippen LogP contribution in [0.2, 0.25) is 5.15 Å². The van der Waals surface area contributed by atoms with Crippen molar-refractivity contribution in [2.45, 2.75) is 0 Å². The molecule has 0 saturated carbocycles. The summed E-state index contributed by atoms with van der Waals surface area (Å²) >= 11 is 5.80. The van der Waals surface area contributed by atoms with Gasteiger partial charge in [0.2, 0.25) is 5.95 Å². The Hall–Kier alpha value is -1.88. The van der Waals surface area contributed by atoms with Crippen LogP contribution in [0.15, 0.2) is 36.8 Å². The minimum absolute atomic E-state index is 0.528. The predicted octanol–water partition coefficient (Wildman–Crippen LogP) is 1.85. The van der Waals surface area contributed by atoms with Crippen LogP contribution in [0.3, 0.4) is 0 Å². The Morgan fingerprint density at radius 1 is 0.895 bits per heavy atom. The fourth-order valence-electron chi connectivity index (χ4n) is 2.17. The predicted molar refractivity (Wildman–Crippen MR) is 75.7 cm³/mol. The van der Waals surface area contributed by atoms with Gasteiger partial charge in [-0.1, -0.05) is 11.6 Å². The highest BCUT2D eigenvalue weighted by Gasteiger charge is 2.18. The highest BCUT2D eigenvalue weighted by Crippen LogP contribution is 2.18. The van der Waals surface area contributed by atoms with Crippen molar-refractivity contribution >= 4 is 23.2 Å². The van der Waals surface area contributed by atoms with Gasteiger partial charge in [-0.25, -0.2) is 15.0 Å². The number of pyridine rings is 1. The Bertz CT molecular complexity index is 522. The summed E-state index contributed by atoms with van der Waals surface area (Å²) in [7, 11) is 0. The van der Waals surface area contributed by atoms with Gasteiger partial charge in [-0.15, -0.1) is 0 Å². The summed E-state index contributed by atoms with van der Waals surface area (Å²) in [5.74, 6) is 0.802. The van der Waals surface area contributed by atoms with Crippen molar-refractivity contribution in [3.05, 3.63) is 41.9 Å². The Morgan fingerprint density at radius 2 is 1.58 bits per heavy atom. The Morgan fingerprint density at radius 3 is 2.21 bits per heavy atom. The first-order valence-electron chi connectivity index (χ1n) is 6.21. The molecule has 0 atom stereocenters. The van der Waals surface area contributed by atoms with Crippen molar-refractivity contribution in [3.8, 4) is 0 Å². The lowest BCUT2D eigenvalue weighted by molar-refractivity contribution is 0.639. The molecule has 0 bridgehead atoms. The van der Waals surface area contributed by atoms with Gasteiger partial charge in [0.25, 0.3) is 0 Å². The maximum Gasteiger partial charge on any atom is 0.225 e. The van der Waals surface area contributed by atoms with Gasteiger partial charge in [-0.05, 0) is 18.2 Å². The first-order valence-corrected chi connectivity index (χ1v) is 6.59. The van der Waals surface area contributed by atoms with Crippen molar-refractivity contribution in [1.82, 2.24) is 15.0 Å². The molecule has 0 aliphatic carbocycles. The molecule has 0 aromatic carbocycles. The summed E-state index contributed by atoms with van der Waals surface area (Å²) in [6.45, 7) is 3.68. The molecule has 2 aromatic heterocycles. The molecule has 0 spiro atoms. The van der Waals surface area contributed by atoms with Crippen molar-refractivity contribution in [2.24, 2.45) is 0 Å². The van der Waals surface area contributed by atoms with Crippen molar-refractivity contribution in [2.75, 3.05) is 36.0 Å². The van der Waals surface area contributed by atoms with Gasteiger partial charge in [-0.3, -0.25) is 0 Å². The summed E-state index contributed by atoms with van der Waals surface area (Å²) < 4.78 is 0. The molecule has 1 aliphatic heterocycles. The maximum atomic E-state index is 5.80. The van der Waals surface area contributed by atoms with Crippen LogP contribution in [0.4, 0.5) is 11.6 Å². The van der Waals surface area contributed by atoms with Crippen LogP contribution < -0.4 is 9.80 Å².